The Kier molecular flexibility index (Phi) is 3.92. The van der Waals surface area contributed by atoms with E-state index >= 15 is 0 Å². The molecule has 0 aliphatic carbocycles. The summed E-state index contributed by atoms with van der Waals surface area (Å²) in [4.78, 5) is 10.5. The topological polar surface area (TPSA) is 77.3 Å². The number of alkyl halides is 1. The standard InChI is InChI=1S/C13H10BrNO4S/c14-13(15(16)17,11-7-3-1-4-8-11)20(18,19)12-9-5-2-6-10-12/h1-10H. The van der Waals surface area contributed by atoms with Gasteiger partial charge in [0.1, 0.15) is 0 Å². The molecular formula is C13H10BrNO4S. The molecule has 0 saturated carbocycles. The normalized spacial score (nSPS) is 14.4. The van der Waals surface area contributed by atoms with Crippen LogP contribution in [0.1, 0.15) is 5.56 Å². The molecule has 104 valence electrons. The highest BCUT2D eigenvalue weighted by molar-refractivity contribution is 9.11. The van der Waals surface area contributed by atoms with Crippen LogP contribution in [0, 0.1) is 10.1 Å². The van der Waals surface area contributed by atoms with E-state index in [1.54, 1.807) is 24.3 Å². The summed E-state index contributed by atoms with van der Waals surface area (Å²) >= 11 is 2.83. The van der Waals surface area contributed by atoms with Gasteiger partial charge < -0.3 is 0 Å². The molecule has 7 heteroatoms. The number of nitrogens with zero attached hydrogens (tertiary/aromatic N) is 1. The fourth-order valence-corrected chi connectivity index (χ4v) is 4.05. The van der Waals surface area contributed by atoms with Crippen LogP contribution in [0.25, 0.3) is 0 Å². The van der Waals surface area contributed by atoms with Gasteiger partial charge >= 0.3 is 3.78 Å². The first-order valence-electron chi connectivity index (χ1n) is 5.59. The average Bonchev–Trinajstić information content (AvgIpc) is 2.47. The minimum atomic E-state index is -4.24. The van der Waals surface area contributed by atoms with E-state index in [-0.39, 0.29) is 10.5 Å². The molecule has 2 rings (SSSR count). The van der Waals surface area contributed by atoms with Crippen LogP contribution in [0.2, 0.25) is 0 Å². The summed E-state index contributed by atoms with van der Waals surface area (Å²) in [7, 11) is -4.24. The van der Waals surface area contributed by atoms with Crippen molar-refractivity contribution in [3.63, 3.8) is 0 Å². The van der Waals surface area contributed by atoms with Crippen molar-refractivity contribution in [3.05, 3.63) is 76.3 Å². The maximum Gasteiger partial charge on any atom is 0.400 e. The molecule has 20 heavy (non-hydrogen) atoms. The van der Waals surface area contributed by atoms with Crippen molar-refractivity contribution in [3.8, 4) is 0 Å². The number of hydrogen-bond donors (Lipinski definition) is 0. The van der Waals surface area contributed by atoms with Crippen LogP contribution in [0.3, 0.4) is 0 Å². The highest BCUT2D eigenvalue weighted by Gasteiger charge is 2.56. The van der Waals surface area contributed by atoms with Gasteiger partial charge in [0, 0.05) is 15.9 Å². The van der Waals surface area contributed by atoms with E-state index in [0.29, 0.717) is 0 Å². The van der Waals surface area contributed by atoms with E-state index in [4.69, 9.17) is 0 Å². The molecule has 1 atom stereocenters. The molecule has 0 aromatic heterocycles. The number of benzene rings is 2. The van der Waals surface area contributed by atoms with Crippen LogP contribution in [0.15, 0.2) is 65.6 Å². The summed E-state index contributed by atoms with van der Waals surface area (Å²) in [5, 5.41) is 11.4. The van der Waals surface area contributed by atoms with Crippen LogP contribution < -0.4 is 0 Å². The van der Waals surface area contributed by atoms with Crippen molar-refractivity contribution in [1.82, 2.24) is 0 Å². The fraction of sp³-hybridized carbons (Fsp3) is 0.0769. The molecule has 0 heterocycles. The Morgan fingerprint density at radius 2 is 1.40 bits per heavy atom. The third-order valence-corrected chi connectivity index (χ3v) is 6.79. The van der Waals surface area contributed by atoms with Gasteiger partial charge in [-0.15, -0.1) is 0 Å². The average molecular weight is 356 g/mol. The van der Waals surface area contributed by atoms with Crippen LogP contribution in [-0.4, -0.2) is 13.3 Å². The van der Waals surface area contributed by atoms with Crippen LogP contribution in [-0.2, 0) is 13.6 Å². The molecule has 0 aliphatic heterocycles. The Morgan fingerprint density at radius 3 is 1.85 bits per heavy atom. The van der Waals surface area contributed by atoms with Gasteiger partial charge in [0.25, 0.3) is 9.84 Å². The quantitative estimate of drug-likeness (QED) is 0.365. The molecule has 0 bridgehead atoms. The van der Waals surface area contributed by atoms with Crippen molar-refractivity contribution in [1.29, 1.82) is 0 Å². The lowest BCUT2D eigenvalue weighted by Gasteiger charge is -2.19. The molecule has 0 saturated heterocycles. The smallest absolute Gasteiger partial charge is 0.262 e. The van der Waals surface area contributed by atoms with Crippen molar-refractivity contribution < 1.29 is 13.3 Å². The van der Waals surface area contributed by atoms with E-state index in [0.717, 1.165) is 0 Å². The van der Waals surface area contributed by atoms with Gasteiger partial charge in [0.05, 0.1) is 15.4 Å². The Bertz CT molecular complexity index is 719. The van der Waals surface area contributed by atoms with E-state index in [1.807, 2.05) is 0 Å². The van der Waals surface area contributed by atoms with E-state index in [9.17, 15) is 18.5 Å². The highest BCUT2D eigenvalue weighted by Crippen LogP contribution is 2.41. The number of rotatable bonds is 4. The molecule has 0 N–H and O–H groups in total. The zero-order chi connectivity index (χ0) is 14.8. The lowest BCUT2D eigenvalue weighted by atomic mass is 10.2. The minimum Gasteiger partial charge on any atom is -0.262 e. The maximum absolute atomic E-state index is 12.6. The molecule has 5 nitrogen and oxygen atoms in total. The van der Waals surface area contributed by atoms with Crippen LogP contribution in [0.5, 0.6) is 0 Å². The first-order chi connectivity index (χ1) is 9.40. The summed E-state index contributed by atoms with van der Waals surface area (Å²) in [5.41, 5.74) is 0.0499. The molecule has 0 fully saturated rings. The highest BCUT2D eigenvalue weighted by atomic mass is 79.9. The number of halogens is 1. The minimum absolute atomic E-state index is 0.0499. The van der Waals surface area contributed by atoms with Gasteiger partial charge in [-0.05, 0) is 24.3 Å². The van der Waals surface area contributed by atoms with Crippen molar-refractivity contribution in [2.45, 2.75) is 8.68 Å². The molecule has 1 unspecified atom stereocenters. The Labute approximate surface area is 124 Å². The van der Waals surface area contributed by atoms with Crippen molar-refractivity contribution >= 4 is 25.8 Å². The summed E-state index contributed by atoms with van der Waals surface area (Å²) in [6, 6.07) is 14.9. The lowest BCUT2D eigenvalue weighted by Crippen LogP contribution is -2.37. The largest absolute Gasteiger partial charge is 0.400 e. The second-order valence-corrected chi connectivity index (χ2v) is 7.74. The maximum atomic E-state index is 12.6. The predicted octanol–water partition coefficient (Wildman–Crippen LogP) is 2.94. The predicted molar refractivity (Wildman–Crippen MR) is 77.7 cm³/mol. The number of nitro groups is 1. The first-order valence-corrected chi connectivity index (χ1v) is 7.87. The second kappa shape index (κ2) is 5.34. The SMILES string of the molecule is O=[N+]([O-])C(Br)(c1ccccc1)S(=O)(=O)c1ccccc1. The van der Waals surface area contributed by atoms with Crippen LogP contribution in [0.4, 0.5) is 0 Å². The molecule has 0 aliphatic rings. The monoisotopic (exact) mass is 355 g/mol. The zero-order valence-electron chi connectivity index (χ0n) is 10.1. The summed E-state index contributed by atoms with van der Waals surface area (Å²) in [6.45, 7) is 0. The van der Waals surface area contributed by atoms with Gasteiger partial charge in [-0.25, -0.2) is 8.42 Å². The Hall–Kier alpha value is -1.73. The van der Waals surface area contributed by atoms with Gasteiger partial charge in [-0.3, -0.25) is 10.1 Å². The zero-order valence-corrected chi connectivity index (χ0v) is 12.5. The van der Waals surface area contributed by atoms with Crippen molar-refractivity contribution in [2.24, 2.45) is 0 Å². The summed E-state index contributed by atoms with van der Waals surface area (Å²) < 4.78 is 22.8. The third kappa shape index (κ3) is 2.23. The second-order valence-electron chi connectivity index (χ2n) is 4.00. The molecule has 0 amide bonds. The number of sulfone groups is 1. The van der Waals surface area contributed by atoms with Gasteiger partial charge in [-0.1, -0.05) is 36.4 Å². The molecule has 0 radical (unpaired) electrons. The van der Waals surface area contributed by atoms with Gasteiger partial charge in [0.2, 0.25) is 0 Å². The summed E-state index contributed by atoms with van der Waals surface area (Å²) in [6.07, 6.45) is 0. The van der Waals surface area contributed by atoms with Gasteiger partial charge in [0.15, 0.2) is 0 Å². The molecule has 0 spiro atoms. The van der Waals surface area contributed by atoms with E-state index in [1.165, 1.54) is 36.4 Å². The first kappa shape index (κ1) is 14.7. The Morgan fingerprint density at radius 1 is 0.950 bits per heavy atom. The molecule has 2 aromatic rings. The summed E-state index contributed by atoms with van der Waals surface area (Å²) in [5.74, 6) is 0. The van der Waals surface area contributed by atoms with Gasteiger partial charge in [-0.2, -0.15) is 0 Å². The van der Waals surface area contributed by atoms with E-state index in [2.05, 4.69) is 15.9 Å². The van der Waals surface area contributed by atoms with Crippen LogP contribution >= 0.6 is 15.9 Å². The number of hydrogen-bond acceptors (Lipinski definition) is 4. The van der Waals surface area contributed by atoms with E-state index < -0.39 is 18.5 Å². The molecular weight excluding hydrogens is 346 g/mol. The fourth-order valence-electron chi connectivity index (χ4n) is 1.76. The Balaban J connectivity index is 2.70. The lowest BCUT2D eigenvalue weighted by molar-refractivity contribution is -0.515. The van der Waals surface area contributed by atoms with Crippen molar-refractivity contribution in [2.75, 3.05) is 0 Å². The molecule has 2 aromatic carbocycles. The third-order valence-electron chi connectivity index (χ3n) is 2.77.